The van der Waals surface area contributed by atoms with Crippen molar-refractivity contribution in [3.05, 3.63) is 0 Å². The third-order valence-electron chi connectivity index (χ3n) is 0. The molecular weight excluding hydrogens is 125 g/mol. The third-order valence-corrected chi connectivity index (χ3v) is 0. The van der Waals surface area contributed by atoms with E-state index in [1.54, 1.807) is 0 Å². The molecule has 0 rings (SSSR count). The second-order valence-electron chi connectivity index (χ2n) is 0.224. The molecule has 0 aromatic heterocycles. The molecule has 0 aliphatic rings. The van der Waals surface area contributed by atoms with Gasteiger partial charge in [0.1, 0.15) is 0 Å². The van der Waals surface area contributed by atoms with E-state index in [9.17, 15) is 0 Å². The maximum Gasteiger partial charge on any atom is 1.00 e. The minimum absolute atomic E-state index is 0. The Morgan fingerprint density at radius 2 is 1.00 bits per heavy atom. The minimum atomic E-state index is -3.37. The Kier molecular flexibility index (Phi) is 27.1. The van der Waals surface area contributed by atoms with E-state index in [1.807, 2.05) is 0 Å². The zero-order chi connectivity index (χ0) is 3.58. The summed E-state index contributed by atoms with van der Waals surface area (Å²) in [5.41, 5.74) is 0. The molecule has 26 valence electrons. The molecule has 0 aliphatic carbocycles. The first-order valence-corrected chi connectivity index (χ1v) is 1.64. The molecule has 0 unspecified atom stereocenters. The van der Waals surface area contributed by atoms with Crippen molar-refractivity contribution in [1.29, 1.82) is 0 Å². The Morgan fingerprint density at radius 1 is 1.00 bits per heavy atom. The van der Waals surface area contributed by atoms with Gasteiger partial charge in [0.15, 0.2) is 0 Å². The second kappa shape index (κ2) is 10.3. The van der Waals surface area contributed by atoms with Crippen LogP contribution in [0.1, 0.15) is 1.43 Å². The molecule has 0 fully saturated rings. The first-order chi connectivity index (χ1) is 1.73. The summed E-state index contributed by atoms with van der Waals surface area (Å²) in [6.07, 6.45) is 0. The summed E-state index contributed by atoms with van der Waals surface area (Å²) in [6, 6.07) is 0. The van der Waals surface area contributed by atoms with Gasteiger partial charge in [-0.2, -0.15) is 0 Å². The number of hydrogen-bond acceptors (Lipinski definition) is 3. The van der Waals surface area contributed by atoms with Gasteiger partial charge in [-0.25, -0.2) is 0 Å². The van der Waals surface area contributed by atoms with Crippen molar-refractivity contribution in [2.24, 2.45) is 0 Å². The van der Waals surface area contributed by atoms with Gasteiger partial charge >= 0.3 is 60.5 Å². The summed E-state index contributed by atoms with van der Waals surface area (Å²) in [5.74, 6) is 0. The fraction of sp³-hybridized carbons (Fsp3) is 0. The van der Waals surface area contributed by atoms with Gasteiger partial charge in [-0.15, -0.1) is 0 Å². The van der Waals surface area contributed by atoms with E-state index in [4.69, 9.17) is 14.7 Å². The van der Waals surface area contributed by atoms with E-state index in [0.29, 0.717) is 0 Å². The van der Waals surface area contributed by atoms with Gasteiger partial charge in [0.25, 0.3) is 0 Å². The fourth-order valence-corrected chi connectivity index (χ4v) is 0. The maximum absolute atomic E-state index is 8.48. The molecule has 6 heteroatoms. The van der Waals surface area contributed by atoms with Crippen LogP contribution in [0.25, 0.3) is 0 Å². The number of hydrogen-bond donors (Lipinski definition) is 0. The van der Waals surface area contributed by atoms with Crippen LogP contribution in [-0.4, -0.2) is 0 Å². The van der Waals surface area contributed by atoms with Crippen molar-refractivity contribution in [2.45, 2.75) is 0 Å². The molecule has 0 N–H and O–H groups in total. The molecule has 0 amide bonds. The van der Waals surface area contributed by atoms with E-state index in [1.165, 1.54) is 0 Å². The van der Waals surface area contributed by atoms with E-state index in [2.05, 4.69) is 0 Å². The Hall–Kier alpha value is 2.31. The molecule has 0 heterocycles. The van der Waals surface area contributed by atoms with Crippen LogP contribution in [0.3, 0.4) is 0 Å². The third kappa shape index (κ3) is 33.3. The Labute approximate surface area is 82.8 Å². The summed E-state index contributed by atoms with van der Waals surface area (Å²) >= 11 is 0. The van der Waals surface area contributed by atoms with Crippen molar-refractivity contribution in [3.63, 3.8) is 0 Å². The van der Waals surface area contributed by atoms with Crippen LogP contribution in [0.4, 0.5) is 0 Å². The van der Waals surface area contributed by atoms with Gasteiger partial charge in [0.2, 0.25) is 0 Å². The van der Waals surface area contributed by atoms with E-state index in [-0.39, 0.29) is 60.5 Å². The van der Waals surface area contributed by atoms with Crippen molar-refractivity contribution < 1.29 is 75.2 Å². The second-order valence-corrected chi connectivity index (χ2v) is 0.671. The van der Waals surface area contributed by atoms with E-state index < -0.39 is 8.60 Å². The van der Waals surface area contributed by atoms with Gasteiger partial charge < -0.3 is 23.3 Å². The van der Waals surface area contributed by atoms with Gasteiger partial charge in [0, 0.05) is 0 Å². The Morgan fingerprint density at radius 3 is 1.00 bits per heavy atom. The average molecular weight is 126 g/mol. The summed E-state index contributed by atoms with van der Waals surface area (Å²) in [5, 5.41) is 0. The molecule has 0 aromatic rings. The van der Waals surface area contributed by atoms with Crippen LogP contribution in [0.2, 0.25) is 0 Å². The zero-order valence-electron chi connectivity index (χ0n) is 4.67. The topological polar surface area (TPSA) is 69.2 Å². The molecule has 6 heavy (non-hydrogen) atoms. The molecule has 0 aliphatic heterocycles. The molecule has 0 radical (unpaired) electrons. The number of rotatable bonds is 0. The SMILES string of the molecule is [H+].[Na+].[Na+].[O-]P([O-])[O-]. The molecule has 3 nitrogen and oxygen atoms in total. The van der Waals surface area contributed by atoms with Gasteiger partial charge in [-0.3, -0.25) is 0 Å². The predicted molar refractivity (Wildman–Crippen MR) is 8.03 cm³/mol. The molecule has 0 aromatic carbocycles. The van der Waals surface area contributed by atoms with Gasteiger partial charge in [0.05, 0.1) is 0 Å². The molecular formula is HNa2O3P. The quantitative estimate of drug-likeness (QED) is 0.239. The van der Waals surface area contributed by atoms with Crippen LogP contribution in [0.15, 0.2) is 0 Å². The summed E-state index contributed by atoms with van der Waals surface area (Å²) < 4.78 is 0. The summed E-state index contributed by atoms with van der Waals surface area (Å²) in [4.78, 5) is 25.4. The maximum atomic E-state index is 8.48. The van der Waals surface area contributed by atoms with Crippen molar-refractivity contribution in [1.82, 2.24) is 0 Å². The normalized spacial score (nSPS) is 6.00. The van der Waals surface area contributed by atoms with Crippen LogP contribution in [0.5, 0.6) is 0 Å². The predicted octanol–water partition coefficient (Wildman–Crippen LogP) is -8.59. The van der Waals surface area contributed by atoms with E-state index in [0.717, 1.165) is 0 Å². The Balaban J connectivity index is -0.0000000150. The van der Waals surface area contributed by atoms with Crippen molar-refractivity contribution in [2.75, 3.05) is 0 Å². The van der Waals surface area contributed by atoms with Gasteiger partial charge in [-0.1, -0.05) is 0 Å². The summed E-state index contributed by atoms with van der Waals surface area (Å²) in [7, 11) is -3.37. The van der Waals surface area contributed by atoms with Crippen LogP contribution in [0, 0.1) is 0 Å². The van der Waals surface area contributed by atoms with Gasteiger partial charge in [-0.05, 0) is 0 Å². The molecule has 0 saturated heterocycles. The van der Waals surface area contributed by atoms with Crippen LogP contribution >= 0.6 is 8.60 Å². The monoisotopic (exact) mass is 126 g/mol. The molecule has 0 spiro atoms. The average Bonchev–Trinajstić information content (AvgIpc) is 0.811. The molecule has 0 saturated carbocycles. The van der Waals surface area contributed by atoms with Crippen molar-refractivity contribution >= 4 is 8.60 Å². The van der Waals surface area contributed by atoms with Crippen molar-refractivity contribution in [3.8, 4) is 0 Å². The standard InChI is InChI=1S/2Na.O3P/c;;1-4(2)3/q2*+1;-3/p+1. The van der Waals surface area contributed by atoms with E-state index >= 15 is 0 Å². The largest absolute Gasteiger partial charge is 1.00 e. The molecule has 0 atom stereocenters. The molecule has 0 bridgehead atoms. The van der Waals surface area contributed by atoms with Crippen LogP contribution in [-0.2, 0) is 0 Å². The first-order valence-electron chi connectivity index (χ1n) is 0.548. The first kappa shape index (κ1) is 15.7. The smallest absolute Gasteiger partial charge is 0.854 e. The minimum Gasteiger partial charge on any atom is -0.854 e. The zero-order valence-corrected chi connectivity index (χ0v) is 8.57. The Bertz CT molecular complexity index is 17.7. The fourth-order valence-electron chi connectivity index (χ4n) is 0. The summed E-state index contributed by atoms with van der Waals surface area (Å²) in [6.45, 7) is 0. The van der Waals surface area contributed by atoms with Crippen LogP contribution < -0.4 is 73.8 Å².